The lowest BCUT2D eigenvalue weighted by molar-refractivity contribution is 0.478. The minimum Gasteiger partial charge on any atom is -0.377 e. The van der Waals surface area contributed by atoms with Crippen LogP contribution in [0.3, 0.4) is 0 Å². The van der Waals surface area contributed by atoms with E-state index in [1.54, 1.807) is 24.3 Å². The molecule has 0 atom stereocenters. The molecule has 0 bridgehead atoms. The number of hydrogen-bond donors (Lipinski definition) is 0. The topological polar surface area (TPSA) is 56.3 Å². The summed E-state index contributed by atoms with van der Waals surface area (Å²) in [6.07, 6.45) is 1.53. The van der Waals surface area contributed by atoms with Crippen LogP contribution in [0.2, 0.25) is 0 Å². The van der Waals surface area contributed by atoms with Gasteiger partial charge in [-0.2, -0.15) is 8.42 Å². The lowest BCUT2D eigenvalue weighted by atomic mass is 10.2. The summed E-state index contributed by atoms with van der Waals surface area (Å²) in [5.74, 6) is -0.825. The van der Waals surface area contributed by atoms with Crippen LogP contribution in [-0.4, -0.2) is 13.4 Å². The number of benzene rings is 2. The van der Waals surface area contributed by atoms with Gasteiger partial charge in [0.15, 0.2) is 5.75 Å². The molecule has 0 spiro atoms. The third kappa shape index (κ3) is 2.82. The van der Waals surface area contributed by atoms with Crippen molar-refractivity contribution in [2.24, 2.45) is 0 Å². The molecule has 0 unspecified atom stereocenters. The van der Waals surface area contributed by atoms with Crippen LogP contribution in [0.15, 0.2) is 64.1 Å². The van der Waals surface area contributed by atoms with Crippen molar-refractivity contribution >= 4 is 37.0 Å². The zero-order valence-electron chi connectivity index (χ0n) is 11.0. The number of aromatic nitrogens is 1. The fourth-order valence-corrected chi connectivity index (χ4v) is 3.53. The van der Waals surface area contributed by atoms with Crippen molar-refractivity contribution in [3.05, 3.63) is 65.0 Å². The molecule has 0 aliphatic rings. The van der Waals surface area contributed by atoms with Gasteiger partial charge in [-0.25, -0.2) is 4.39 Å². The maximum Gasteiger partial charge on any atom is 0.342 e. The largest absolute Gasteiger partial charge is 0.377 e. The van der Waals surface area contributed by atoms with Gasteiger partial charge in [-0.15, -0.1) is 0 Å². The molecule has 112 valence electrons. The average Bonchev–Trinajstić information content (AvgIpc) is 2.50. The molecule has 1 aromatic heterocycles. The fraction of sp³-hybridized carbons (Fsp3) is 0. The summed E-state index contributed by atoms with van der Waals surface area (Å²) in [6.45, 7) is 0. The second-order valence-corrected chi connectivity index (χ2v) is 6.87. The molecule has 0 fully saturated rings. The smallest absolute Gasteiger partial charge is 0.342 e. The Labute approximate surface area is 134 Å². The summed E-state index contributed by atoms with van der Waals surface area (Å²) < 4.78 is 43.9. The molecule has 0 N–H and O–H groups in total. The molecule has 0 saturated carbocycles. The molecule has 4 nitrogen and oxygen atoms in total. The van der Waals surface area contributed by atoms with Crippen LogP contribution in [0.1, 0.15) is 0 Å². The standard InChI is InChI=1S/C15H9BrFNO3S/c16-11-6-7-12(17)14(9-11)22(19,20)21-13-5-1-3-10-4-2-8-18-15(10)13/h1-9H. The van der Waals surface area contributed by atoms with E-state index in [0.717, 1.165) is 17.5 Å². The van der Waals surface area contributed by atoms with Crippen molar-refractivity contribution in [3.63, 3.8) is 0 Å². The van der Waals surface area contributed by atoms with Crippen molar-refractivity contribution in [1.29, 1.82) is 0 Å². The van der Waals surface area contributed by atoms with Gasteiger partial charge < -0.3 is 4.18 Å². The lowest BCUT2D eigenvalue weighted by Crippen LogP contribution is -2.12. The van der Waals surface area contributed by atoms with E-state index in [1.165, 1.54) is 18.3 Å². The van der Waals surface area contributed by atoms with Gasteiger partial charge in [-0.05, 0) is 30.3 Å². The summed E-state index contributed by atoms with van der Waals surface area (Å²) in [7, 11) is -4.30. The molecule has 0 aliphatic carbocycles. The number of para-hydroxylation sites is 1. The molecule has 0 saturated heterocycles. The molecule has 0 radical (unpaired) electrons. The quantitative estimate of drug-likeness (QED) is 0.645. The Balaban J connectivity index is 2.09. The first-order valence-electron chi connectivity index (χ1n) is 6.21. The Morgan fingerprint density at radius 3 is 2.68 bits per heavy atom. The van der Waals surface area contributed by atoms with E-state index in [-0.39, 0.29) is 5.75 Å². The zero-order chi connectivity index (χ0) is 15.7. The number of pyridine rings is 1. The Morgan fingerprint density at radius 2 is 1.86 bits per heavy atom. The maximum absolute atomic E-state index is 13.8. The van der Waals surface area contributed by atoms with Gasteiger partial charge in [0.1, 0.15) is 16.2 Å². The van der Waals surface area contributed by atoms with Gasteiger partial charge in [0.05, 0.1) is 0 Å². The Kier molecular flexibility index (Phi) is 3.84. The average molecular weight is 382 g/mol. The SMILES string of the molecule is O=S(=O)(Oc1cccc2cccnc12)c1cc(Br)ccc1F. The molecule has 3 aromatic rings. The number of hydrogen-bond acceptors (Lipinski definition) is 4. The molecular weight excluding hydrogens is 373 g/mol. The first-order valence-corrected chi connectivity index (χ1v) is 8.41. The molecule has 0 amide bonds. The van der Waals surface area contributed by atoms with Crippen molar-refractivity contribution in [1.82, 2.24) is 4.98 Å². The molecule has 7 heteroatoms. The van der Waals surface area contributed by atoms with Crippen LogP contribution >= 0.6 is 15.9 Å². The van der Waals surface area contributed by atoms with Gasteiger partial charge in [0, 0.05) is 16.1 Å². The Bertz CT molecular complexity index is 955. The Morgan fingerprint density at radius 1 is 1.09 bits per heavy atom. The molecule has 3 rings (SSSR count). The second-order valence-electron chi connectivity index (χ2n) is 4.44. The van der Waals surface area contributed by atoms with Crippen molar-refractivity contribution in [3.8, 4) is 5.75 Å². The van der Waals surface area contributed by atoms with Gasteiger partial charge >= 0.3 is 10.1 Å². The highest BCUT2D eigenvalue weighted by Gasteiger charge is 2.23. The van der Waals surface area contributed by atoms with Gasteiger partial charge in [-0.3, -0.25) is 4.98 Å². The minimum absolute atomic E-state index is 0.0532. The number of fused-ring (bicyclic) bond motifs is 1. The predicted molar refractivity (Wildman–Crippen MR) is 83.7 cm³/mol. The molecule has 0 aliphatic heterocycles. The van der Waals surface area contributed by atoms with Crippen LogP contribution in [0.5, 0.6) is 5.75 Å². The summed E-state index contributed by atoms with van der Waals surface area (Å²) in [5.41, 5.74) is 0.393. The minimum atomic E-state index is -4.30. The monoisotopic (exact) mass is 381 g/mol. The highest BCUT2D eigenvalue weighted by molar-refractivity contribution is 9.10. The molecule has 22 heavy (non-hydrogen) atoms. The maximum atomic E-state index is 13.8. The summed E-state index contributed by atoms with van der Waals surface area (Å²) in [5, 5.41) is 0.727. The number of rotatable bonds is 3. The highest BCUT2D eigenvalue weighted by atomic mass is 79.9. The van der Waals surface area contributed by atoms with Crippen molar-refractivity contribution in [2.75, 3.05) is 0 Å². The van der Waals surface area contributed by atoms with Gasteiger partial charge in [-0.1, -0.05) is 34.1 Å². The van der Waals surface area contributed by atoms with E-state index < -0.39 is 20.8 Å². The van der Waals surface area contributed by atoms with E-state index in [2.05, 4.69) is 20.9 Å². The number of nitrogens with zero attached hydrogens (tertiary/aromatic N) is 1. The Hall–Kier alpha value is -1.99. The van der Waals surface area contributed by atoms with Gasteiger partial charge in [0.2, 0.25) is 0 Å². The fourth-order valence-electron chi connectivity index (χ4n) is 1.98. The lowest BCUT2D eigenvalue weighted by Gasteiger charge is -2.09. The third-order valence-corrected chi connectivity index (χ3v) is 4.70. The summed E-state index contributed by atoms with van der Waals surface area (Å²) >= 11 is 3.11. The van der Waals surface area contributed by atoms with Crippen molar-refractivity contribution < 1.29 is 17.0 Å². The first-order chi connectivity index (χ1) is 10.5. The normalized spacial score (nSPS) is 11.5. The molecule has 1 heterocycles. The van der Waals surface area contributed by atoms with Crippen LogP contribution < -0.4 is 4.18 Å². The molecular formula is C15H9BrFNO3S. The van der Waals surface area contributed by atoms with E-state index in [0.29, 0.717) is 9.99 Å². The van der Waals surface area contributed by atoms with E-state index in [1.807, 2.05) is 0 Å². The first kappa shape index (κ1) is 14.9. The van der Waals surface area contributed by atoms with E-state index in [9.17, 15) is 12.8 Å². The van der Waals surface area contributed by atoms with E-state index >= 15 is 0 Å². The summed E-state index contributed by atoms with van der Waals surface area (Å²) in [6, 6.07) is 12.0. The predicted octanol–water partition coefficient (Wildman–Crippen LogP) is 3.90. The van der Waals surface area contributed by atoms with Gasteiger partial charge in [0.25, 0.3) is 0 Å². The molecule has 2 aromatic carbocycles. The highest BCUT2D eigenvalue weighted by Crippen LogP contribution is 2.28. The zero-order valence-corrected chi connectivity index (χ0v) is 13.4. The van der Waals surface area contributed by atoms with Crippen LogP contribution in [-0.2, 0) is 10.1 Å². The van der Waals surface area contributed by atoms with E-state index in [4.69, 9.17) is 4.18 Å². The third-order valence-electron chi connectivity index (χ3n) is 2.96. The van der Waals surface area contributed by atoms with Crippen molar-refractivity contribution in [2.45, 2.75) is 4.90 Å². The summed E-state index contributed by atoms with van der Waals surface area (Å²) in [4.78, 5) is 3.57. The van der Waals surface area contributed by atoms with Crippen LogP contribution in [0.25, 0.3) is 10.9 Å². The van der Waals surface area contributed by atoms with Crippen LogP contribution in [0.4, 0.5) is 4.39 Å². The second kappa shape index (κ2) is 5.66. The van der Waals surface area contributed by atoms with Crippen LogP contribution in [0, 0.1) is 5.82 Å². The number of halogens is 2.